The van der Waals surface area contributed by atoms with E-state index in [0.717, 1.165) is 12.1 Å². The summed E-state index contributed by atoms with van der Waals surface area (Å²) in [5.74, 6) is -2.26. The molecule has 1 aliphatic heterocycles. The second-order valence-corrected chi connectivity index (χ2v) is 5.41. The number of urea groups is 1. The van der Waals surface area contributed by atoms with E-state index in [2.05, 4.69) is 5.32 Å². The largest absolute Gasteiger partial charge is 0.478 e. The van der Waals surface area contributed by atoms with Gasteiger partial charge in [0, 0.05) is 18.8 Å². The second kappa shape index (κ2) is 5.69. The molecular weight excluding hydrogens is 279 g/mol. The fraction of sp³-hybridized carbons (Fsp3) is 0.429. The highest BCUT2D eigenvalue weighted by atomic mass is 19.1. The van der Waals surface area contributed by atoms with Crippen LogP contribution < -0.4 is 5.32 Å². The van der Waals surface area contributed by atoms with Gasteiger partial charge in [0.2, 0.25) is 0 Å². The predicted molar refractivity (Wildman–Crippen MR) is 73.8 cm³/mol. The van der Waals surface area contributed by atoms with E-state index in [-0.39, 0.29) is 5.69 Å². The Kier molecular flexibility index (Phi) is 4.13. The quantitative estimate of drug-likeness (QED) is 0.777. The van der Waals surface area contributed by atoms with Crippen molar-refractivity contribution in [2.24, 2.45) is 0 Å². The molecule has 0 aromatic heterocycles. The van der Waals surface area contributed by atoms with E-state index in [0.29, 0.717) is 25.9 Å². The van der Waals surface area contributed by atoms with Crippen molar-refractivity contribution in [3.8, 4) is 0 Å². The average Bonchev–Trinajstić information content (AvgIpc) is 2.38. The van der Waals surface area contributed by atoms with Gasteiger partial charge in [0.05, 0.1) is 11.2 Å². The highest BCUT2D eigenvalue weighted by Crippen LogP contribution is 2.22. The molecule has 3 N–H and O–H groups in total. The van der Waals surface area contributed by atoms with Crippen LogP contribution in [0.2, 0.25) is 0 Å². The third-order valence-electron chi connectivity index (χ3n) is 3.58. The van der Waals surface area contributed by atoms with Gasteiger partial charge >= 0.3 is 12.0 Å². The number of hydrogen-bond donors (Lipinski definition) is 3. The van der Waals surface area contributed by atoms with Crippen LogP contribution in [-0.2, 0) is 0 Å². The number of nitrogens with zero attached hydrogens (tertiary/aromatic N) is 1. The highest BCUT2D eigenvalue weighted by molar-refractivity contribution is 5.91. The maximum atomic E-state index is 13.5. The molecule has 2 amide bonds. The first-order valence-corrected chi connectivity index (χ1v) is 6.60. The lowest BCUT2D eigenvalue weighted by Crippen LogP contribution is -2.46. The first-order chi connectivity index (χ1) is 9.78. The first-order valence-electron chi connectivity index (χ1n) is 6.60. The number of nitrogens with one attached hydrogen (secondary N) is 1. The number of carboxylic acids is 1. The SMILES string of the molecule is CC1(O)CCN(C(=O)Nc2ccc(C(=O)O)c(F)c2)CC1. The first kappa shape index (κ1) is 15.2. The second-order valence-electron chi connectivity index (χ2n) is 5.41. The number of carbonyl (C=O) groups is 2. The van der Waals surface area contributed by atoms with Gasteiger partial charge in [-0.05, 0) is 38.0 Å². The molecule has 7 heteroatoms. The lowest BCUT2D eigenvalue weighted by molar-refractivity contribution is 0.00569. The highest BCUT2D eigenvalue weighted by Gasteiger charge is 2.29. The number of carboxylic acid groups (broad SMARTS) is 1. The number of aliphatic hydroxyl groups is 1. The molecular formula is C14H17FN2O4. The van der Waals surface area contributed by atoms with Gasteiger partial charge in [-0.1, -0.05) is 0 Å². The van der Waals surface area contributed by atoms with E-state index >= 15 is 0 Å². The summed E-state index contributed by atoms with van der Waals surface area (Å²) in [4.78, 5) is 24.2. The zero-order valence-corrected chi connectivity index (χ0v) is 11.6. The van der Waals surface area contributed by atoms with E-state index in [1.54, 1.807) is 6.92 Å². The van der Waals surface area contributed by atoms with E-state index < -0.39 is 29.0 Å². The summed E-state index contributed by atoms with van der Waals surface area (Å²) in [5, 5.41) is 21.1. The number of rotatable bonds is 2. The van der Waals surface area contributed by atoms with Gasteiger partial charge in [0.1, 0.15) is 5.82 Å². The molecule has 1 aromatic rings. The Morgan fingerprint density at radius 3 is 2.48 bits per heavy atom. The van der Waals surface area contributed by atoms with Gasteiger partial charge < -0.3 is 20.4 Å². The zero-order valence-electron chi connectivity index (χ0n) is 11.6. The Bertz CT molecular complexity index is 564. The summed E-state index contributed by atoms with van der Waals surface area (Å²) in [5.41, 5.74) is -1.01. The molecule has 1 aromatic carbocycles. The minimum Gasteiger partial charge on any atom is -0.478 e. The number of halogens is 1. The van der Waals surface area contributed by atoms with Gasteiger partial charge in [0.15, 0.2) is 0 Å². The monoisotopic (exact) mass is 296 g/mol. The van der Waals surface area contributed by atoms with Gasteiger partial charge in [-0.3, -0.25) is 0 Å². The number of amides is 2. The van der Waals surface area contributed by atoms with Gasteiger partial charge in [0.25, 0.3) is 0 Å². The van der Waals surface area contributed by atoms with Gasteiger partial charge in [-0.15, -0.1) is 0 Å². The molecule has 0 saturated carbocycles. The molecule has 0 aliphatic carbocycles. The van der Waals surface area contributed by atoms with Crippen molar-refractivity contribution in [1.82, 2.24) is 4.90 Å². The molecule has 6 nitrogen and oxygen atoms in total. The van der Waals surface area contributed by atoms with Crippen LogP contribution in [0.15, 0.2) is 18.2 Å². The number of hydrogen-bond acceptors (Lipinski definition) is 3. The van der Waals surface area contributed by atoms with Crippen molar-refractivity contribution in [3.63, 3.8) is 0 Å². The zero-order chi connectivity index (χ0) is 15.6. The summed E-state index contributed by atoms with van der Waals surface area (Å²) < 4.78 is 13.5. The Morgan fingerprint density at radius 1 is 1.33 bits per heavy atom. The lowest BCUT2D eigenvalue weighted by Gasteiger charge is -2.35. The number of likely N-dealkylation sites (tertiary alicyclic amines) is 1. The maximum Gasteiger partial charge on any atom is 0.338 e. The molecule has 0 atom stereocenters. The number of benzene rings is 1. The molecule has 0 bridgehead atoms. The third-order valence-corrected chi connectivity index (χ3v) is 3.58. The minimum absolute atomic E-state index is 0.194. The van der Waals surface area contributed by atoms with Gasteiger partial charge in [-0.2, -0.15) is 0 Å². The standard InChI is InChI=1S/C14H17FN2O4/c1-14(21)4-6-17(7-5-14)13(20)16-9-2-3-10(12(18)19)11(15)8-9/h2-3,8,21H,4-7H2,1H3,(H,16,20)(H,18,19). The topological polar surface area (TPSA) is 89.9 Å². The normalized spacial score (nSPS) is 17.4. The molecule has 1 aliphatic rings. The molecule has 0 radical (unpaired) electrons. The Balaban J connectivity index is 2.00. The van der Waals surface area contributed by atoms with Crippen LogP contribution in [-0.4, -0.2) is 45.8 Å². The number of anilines is 1. The van der Waals surface area contributed by atoms with Crippen molar-refractivity contribution in [2.45, 2.75) is 25.4 Å². The molecule has 1 saturated heterocycles. The van der Waals surface area contributed by atoms with Crippen LogP contribution in [0.3, 0.4) is 0 Å². The molecule has 1 fully saturated rings. The van der Waals surface area contributed by atoms with Crippen molar-refractivity contribution in [1.29, 1.82) is 0 Å². The third kappa shape index (κ3) is 3.69. The van der Waals surface area contributed by atoms with Crippen LogP contribution in [0, 0.1) is 5.82 Å². The summed E-state index contributed by atoms with van der Waals surface area (Å²) in [6.45, 7) is 2.55. The van der Waals surface area contributed by atoms with Crippen molar-refractivity contribution >= 4 is 17.7 Å². The molecule has 2 rings (SSSR count). The fourth-order valence-corrected chi connectivity index (χ4v) is 2.16. The van der Waals surface area contributed by atoms with E-state index in [1.165, 1.54) is 11.0 Å². The summed E-state index contributed by atoms with van der Waals surface area (Å²) >= 11 is 0. The fourth-order valence-electron chi connectivity index (χ4n) is 2.16. The van der Waals surface area contributed by atoms with Crippen LogP contribution >= 0.6 is 0 Å². The van der Waals surface area contributed by atoms with Crippen molar-refractivity contribution < 1.29 is 24.2 Å². The Labute approximate surface area is 121 Å². The summed E-state index contributed by atoms with van der Waals surface area (Å²) in [7, 11) is 0. The Morgan fingerprint density at radius 2 is 1.95 bits per heavy atom. The maximum absolute atomic E-state index is 13.5. The Hall–Kier alpha value is -2.15. The lowest BCUT2D eigenvalue weighted by atomic mass is 9.94. The smallest absolute Gasteiger partial charge is 0.338 e. The molecule has 114 valence electrons. The number of carbonyl (C=O) groups excluding carboxylic acids is 1. The van der Waals surface area contributed by atoms with Crippen LogP contribution in [0.25, 0.3) is 0 Å². The average molecular weight is 296 g/mol. The minimum atomic E-state index is -1.36. The van der Waals surface area contributed by atoms with E-state index in [1.807, 2.05) is 0 Å². The number of aromatic carboxylic acids is 1. The van der Waals surface area contributed by atoms with Crippen LogP contribution in [0.4, 0.5) is 14.9 Å². The van der Waals surface area contributed by atoms with Crippen molar-refractivity contribution in [2.75, 3.05) is 18.4 Å². The number of piperidine rings is 1. The summed E-state index contributed by atoms with van der Waals surface area (Å²) in [6.07, 6.45) is 0.958. The molecule has 1 heterocycles. The molecule has 0 unspecified atom stereocenters. The van der Waals surface area contributed by atoms with E-state index in [4.69, 9.17) is 5.11 Å². The predicted octanol–water partition coefficient (Wildman–Crippen LogP) is 1.90. The van der Waals surface area contributed by atoms with Gasteiger partial charge in [-0.25, -0.2) is 14.0 Å². The van der Waals surface area contributed by atoms with Crippen LogP contribution in [0.1, 0.15) is 30.1 Å². The van der Waals surface area contributed by atoms with E-state index in [9.17, 15) is 19.1 Å². The molecule has 0 spiro atoms. The molecule has 21 heavy (non-hydrogen) atoms. The van der Waals surface area contributed by atoms with Crippen molar-refractivity contribution in [3.05, 3.63) is 29.6 Å². The van der Waals surface area contributed by atoms with Crippen LogP contribution in [0.5, 0.6) is 0 Å². The summed E-state index contributed by atoms with van der Waals surface area (Å²) in [6, 6.07) is 3.02.